The van der Waals surface area contributed by atoms with E-state index >= 15 is 0 Å². The van der Waals surface area contributed by atoms with Gasteiger partial charge in [0.2, 0.25) is 0 Å². The molecule has 0 bridgehead atoms. The Kier molecular flexibility index (Phi) is 6.73. The predicted octanol–water partition coefficient (Wildman–Crippen LogP) is 6.21. The molecule has 3 aromatic carbocycles. The predicted molar refractivity (Wildman–Crippen MR) is 123 cm³/mol. The molecule has 0 aliphatic carbocycles. The normalized spacial score (nSPS) is 10.7. The molecule has 8 heteroatoms. The minimum Gasteiger partial charge on any atom is -0.489 e. The van der Waals surface area contributed by atoms with E-state index in [1.165, 1.54) is 10.7 Å². The topological polar surface area (TPSA) is 56.2 Å². The summed E-state index contributed by atoms with van der Waals surface area (Å²) in [7, 11) is 0. The van der Waals surface area contributed by atoms with Crippen molar-refractivity contribution in [1.82, 2.24) is 9.78 Å². The van der Waals surface area contributed by atoms with Crippen LogP contribution in [0.5, 0.6) is 5.75 Å². The number of nitrogens with one attached hydrogen (secondary N) is 1. The summed E-state index contributed by atoms with van der Waals surface area (Å²) in [4.78, 5) is 12.6. The molecule has 0 spiro atoms. The first-order chi connectivity index (χ1) is 15.5. The number of carbonyl (C=O) groups is 1. The number of halogens is 3. The second kappa shape index (κ2) is 9.85. The molecule has 0 fully saturated rings. The van der Waals surface area contributed by atoms with Crippen molar-refractivity contribution < 1.29 is 13.9 Å². The van der Waals surface area contributed by atoms with E-state index in [0.717, 1.165) is 5.56 Å². The number of hydrogen-bond acceptors (Lipinski definition) is 3. The Morgan fingerprint density at radius 3 is 2.44 bits per heavy atom. The third-order valence-corrected chi connectivity index (χ3v) is 5.20. The van der Waals surface area contributed by atoms with Gasteiger partial charge in [-0.1, -0.05) is 53.5 Å². The fourth-order valence-electron chi connectivity index (χ4n) is 2.99. The highest BCUT2D eigenvalue weighted by Crippen LogP contribution is 2.22. The molecular weight excluding hydrogens is 452 g/mol. The van der Waals surface area contributed by atoms with Crippen molar-refractivity contribution in [2.75, 3.05) is 5.32 Å². The SMILES string of the molecule is O=C(Nc1nn(Cc2ccccc2F)cc1Cl)c1ccc(COc2ccc(Cl)cc2)cc1. The van der Waals surface area contributed by atoms with Gasteiger partial charge in [-0.05, 0) is 48.0 Å². The van der Waals surface area contributed by atoms with Crippen LogP contribution in [0.25, 0.3) is 0 Å². The number of benzene rings is 3. The van der Waals surface area contributed by atoms with Crippen LogP contribution in [0.3, 0.4) is 0 Å². The zero-order chi connectivity index (χ0) is 22.5. The van der Waals surface area contributed by atoms with Crippen LogP contribution in [0.15, 0.2) is 79.0 Å². The van der Waals surface area contributed by atoms with Crippen molar-refractivity contribution >= 4 is 34.9 Å². The lowest BCUT2D eigenvalue weighted by molar-refractivity contribution is 0.102. The number of amides is 1. The first-order valence-electron chi connectivity index (χ1n) is 9.73. The van der Waals surface area contributed by atoms with Crippen LogP contribution < -0.4 is 10.1 Å². The van der Waals surface area contributed by atoms with E-state index in [2.05, 4.69) is 10.4 Å². The van der Waals surface area contributed by atoms with Gasteiger partial charge in [-0.25, -0.2) is 4.39 Å². The molecule has 0 saturated carbocycles. The van der Waals surface area contributed by atoms with E-state index in [1.54, 1.807) is 60.8 Å². The molecule has 1 aromatic heterocycles. The molecule has 0 unspecified atom stereocenters. The maximum absolute atomic E-state index is 13.9. The molecule has 0 saturated heterocycles. The van der Waals surface area contributed by atoms with Crippen LogP contribution in [0.4, 0.5) is 10.2 Å². The van der Waals surface area contributed by atoms with Crippen molar-refractivity contribution in [3.8, 4) is 5.75 Å². The molecule has 0 radical (unpaired) electrons. The molecule has 0 aliphatic rings. The molecule has 4 rings (SSSR count). The average Bonchev–Trinajstić information content (AvgIpc) is 3.14. The van der Waals surface area contributed by atoms with E-state index < -0.39 is 0 Å². The van der Waals surface area contributed by atoms with Crippen LogP contribution in [0.2, 0.25) is 10.0 Å². The molecule has 1 N–H and O–H groups in total. The van der Waals surface area contributed by atoms with Crippen molar-refractivity contribution in [3.63, 3.8) is 0 Å². The van der Waals surface area contributed by atoms with Gasteiger partial charge in [0.25, 0.3) is 5.91 Å². The monoisotopic (exact) mass is 469 g/mol. The summed E-state index contributed by atoms with van der Waals surface area (Å²) in [5, 5.41) is 7.85. The van der Waals surface area contributed by atoms with Crippen molar-refractivity contribution in [2.45, 2.75) is 13.2 Å². The summed E-state index contributed by atoms with van der Waals surface area (Å²) < 4.78 is 21.0. The molecule has 1 heterocycles. The molecule has 0 aliphatic heterocycles. The Bertz CT molecular complexity index is 1220. The average molecular weight is 470 g/mol. The van der Waals surface area contributed by atoms with Gasteiger partial charge >= 0.3 is 0 Å². The van der Waals surface area contributed by atoms with Crippen molar-refractivity contribution in [3.05, 3.63) is 112 Å². The summed E-state index contributed by atoms with van der Waals surface area (Å²) in [6.07, 6.45) is 1.54. The Balaban J connectivity index is 1.37. The van der Waals surface area contributed by atoms with E-state index in [-0.39, 0.29) is 29.1 Å². The highest BCUT2D eigenvalue weighted by molar-refractivity contribution is 6.33. The van der Waals surface area contributed by atoms with Crippen LogP contribution in [-0.2, 0) is 13.2 Å². The lowest BCUT2D eigenvalue weighted by Gasteiger charge is -2.08. The summed E-state index contributed by atoms with van der Waals surface area (Å²) in [5.74, 6) is 0.234. The first kappa shape index (κ1) is 21.9. The van der Waals surface area contributed by atoms with Gasteiger partial charge in [-0.3, -0.25) is 9.48 Å². The number of anilines is 1. The second-order valence-corrected chi connectivity index (χ2v) is 7.85. The largest absolute Gasteiger partial charge is 0.489 e. The number of carbonyl (C=O) groups excluding carboxylic acids is 1. The van der Waals surface area contributed by atoms with E-state index in [4.69, 9.17) is 27.9 Å². The third kappa shape index (κ3) is 5.46. The van der Waals surface area contributed by atoms with E-state index in [0.29, 0.717) is 28.5 Å². The zero-order valence-electron chi connectivity index (χ0n) is 16.8. The number of nitrogens with zero attached hydrogens (tertiary/aromatic N) is 2. The van der Waals surface area contributed by atoms with E-state index in [1.807, 2.05) is 12.1 Å². The molecule has 4 aromatic rings. The van der Waals surface area contributed by atoms with Gasteiger partial charge in [-0.15, -0.1) is 0 Å². The van der Waals surface area contributed by atoms with Crippen molar-refractivity contribution in [1.29, 1.82) is 0 Å². The van der Waals surface area contributed by atoms with Gasteiger partial charge in [0.05, 0.1) is 6.54 Å². The maximum atomic E-state index is 13.9. The molecule has 0 atom stereocenters. The zero-order valence-corrected chi connectivity index (χ0v) is 18.3. The Morgan fingerprint density at radius 1 is 1.00 bits per heavy atom. The van der Waals surface area contributed by atoms with Gasteiger partial charge in [0.1, 0.15) is 23.2 Å². The number of rotatable bonds is 7. The minimum absolute atomic E-state index is 0.199. The van der Waals surface area contributed by atoms with Gasteiger partial charge in [-0.2, -0.15) is 5.10 Å². The first-order valence-corrected chi connectivity index (χ1v) is 10.5. The van der Waals surface area contributed by atoms with Gasteiger partial charge in [0, 0.05) is 22.3 Å². The van der Waals surface area contributed by atoms with Gasteiger partial charge in [0.15, 0.2) is 5.82 Å². The summed E-state index contributed by atoms with van der Waals surface area (Å²) in [6, 6.07) is 20.5. The van der Waals surface area contributed by atoms with Crippen LogP contribution >= 0.6 is 23.2 Å². The molecule has 5 nitrogen and oxygen atoms in total. The number of ether oxygens (including phenoxy) is 1. The Hall–Kier alpha value is -3.35. The second-order valence-electron chi connectivity index (χ2n) is 7.01. The van der Waals surface area contributed by atoms with Crippen LogP contribution in [0.1, 0.15) is 21.5 Å². The van der Waals surface area contributed by atoms with E-state index in [9.17, 15) is 9.18 Å². The quantitative estimate of drug-likeness (QED) is 0.350. The fraction of sp³-hybridized carbons (Fsp3) is 0.0833. The number of aromatic nitrogens is 2. The fourth-order valence-corrected chi connectivity index (χ4v) is 3.32. The molecular formula is C24H18Cl2FN3O2. The molecule has 162 valence electrons. The maximum Gasteiger partial charge on any atom is 0.256 e. The summed E-state index contributed by atoms with van der Waals surface area (Å²) in [5.41, 5.74) is 1.82. The summed E-state index contributed by atoms with van der Waals surface area (Å²) >= 11 is 12.1. The smallest absolute Gasteiger partial charge is 0.256 e. The molecule has 1 amide bonds. The lowest BCUT2D eigenvalue weighted by Crippen LogP contribution is -2.13. The third-order valence-electron chi connectivity index (χ3n) is 4.67. The van der Waals surface area contributed by atoms with Gasteiger partial charge < -0.3 is 10.1 Å². The van der Waals surface area contributed by atoms with Crippen LogP contribution in [0, 0.1) is 5.82 Å². The highest BCUT2D eigenvalue weighted by Gasteiger charge is 2.13. The van der Waals surface area contributed by atoms with Crippen LogP contribution in [-0.4, -0.2) is 15.7 Å². The lowest BCUT2D eigenvalue weighted by atomic mass is 10.1. The standard InChI is InChI=1S/C24H18Cl2FN3O2/c25-19-9-11-20(12-10-19)32-15-16-5-7-17(8-6-16)24(31)28-23-21(26)14-30(29-23)13-18-3-1-2-4-22(18)27/h1-12,14H,13,15H2,(H,28,29,31). The molecule has 32 heavy (non-hydrogen) atoms. The van der Waals surface area contributed by atoms with Crippen molar-refractivity contribution in [2.24, 2.45) is 0 Å². The summed E-state index contributed by atoms with van der Waals surface area (Å²) in [6.45, 7) is 0.556. The Labute approximate surface area is 194 Å². The highest BCUT2D eigenvalue weighted by atomic mass is 35.5. The Morgan fingerprint density at radius 2 is 1.72 bits per heavy atom. The minimum atomic E-state index is -0.354. The number of hydrogen-bond donors (Lipinski definition) is 1.